The van der Waals surface area contributed by atoms with Crippen molar-refractivity contribution >= 4 is 23.6 Å². The molecule has 6 heteroatoms. The zero-order chi connectivity index (χ0) is 19.2. The fourth-order valence-corrected chi connectivity index (χ4v) is 2.84. The van der Waals surface area contributed by atoms with Crippen molar-refractivity contribution in [2.24, 2.45) is 10.4 Å². The number of rotatable bonds is 7. The Hall–Kier alpha value is -2.47. The van der Waals surface area contributed by atoms with Crippen molar-refractivity contribution in [2.75, 3.05) is 20.3 Å². The van der Waals surface area contributed by atoms with Crippen LogP contribution in [0.25, 0.3) is 0 Å². The zero-order valence-corrected chi connectivity index (χ0v) is 15.5. The van der Waals surface area contributed by atoms with E-state index in [0.29, 0.717) is 37.2 Å². The van der Waals surface area contributed by atoms with Crippen LogP contribution in [0.1, 0.15) is 43.5 Å². The number of Topliss-reactive ketones (excluding diaryl/α,β-unsaturated/α-hetero) is 1. The molecule has 0 fully saturated rings. The lowest BCUT2D eigenvalue weighted by Crippen LogP contribution is -2.26. The molecule has 0 saturated heterocycles. The number of nitrogens with zero attached hydrogens (tertiary/aromatic N) is 1. The van der Waals surface area contributed by atoms with E-state index in [9.17, 15) is 14.7 Å². The van der Waals surface area contributed by atoms with Crippen molar-refractivity contribution in [3.63, 3.8) is 0 Å². The maximum absolute atomic E-state index is 12.2. The number of aliphatic imine (C=N–C) groups is 1. The second kappa shape index (κ2) is 8.76. The van der Waals surface area contributed by atoms with E-state index in [1.54, 1.807) is 31.4 Å². The number of aliphatic hydroxyl groups is 1. The first kappa shape index (κ1) is 19.8. The number of allylic oxidation sites excluding steroid dienone is 2. The summed E-state index contributed by atoms with van der Waals surface area (Å²) in [7, 11) is 1.62. The molecule has 1 aliphatic carbocycles. The summed E-state index contributed by atoms with van der Waals surface area (Å²) in [6.07, 6.45) is 2.96. The van der Waals surface area contributed by atoms with E-state index < -0.39 is 0 Å². The molecule has 0 aliphatic heterocycles. The van der Waals surface area contributed by atoms with Crippen LogP contribution >= 0.6 is 0 Å². The Bertz CT molecular complexity index is 735. The van der Waals surface area contributed by atoms with E-state index in [-0.39, 0.29) is 28.4 Å². The molecule has 1 aromatic carbocycles. The SMILES string of the molecule is COCCCNC(=O)c1cccc(N=CC2=C(O)CC(C)(C)CC2=O)c1. The number of carbonyl (C=O) groups is 2. The first-order valence-corrected chi connectivity index (χ1v) is 8.69. The minimum absolute atomic E-state index is 0.0713. The third kappa shape index (κ3) is 5.52. The molecule has 2 N–H and O–H groups in total. The molecule has 0 bridgehead atoms. The summed E-state index contributed by atoms with van der Waals surface area (Å²) < 4.78 is 4.95. The van der Waals surface area contributed by atoms with Crippen LogP contribution in [-0.4, -0.2) is 43.3 Å². The van der Waals surface area contributed by atoms with Gasteiger partial charge in [0.2, 0.25) is 0 Å². The van der Waals surface area contributed by atoms with Crippen molar-refractivity contribution in [2.45, 2.75) is 33.1 Å². The van der Waals surface area contributed by atoms with E-state index >= 15 is 0 Å². The number of aliphatic hydroxyl groups excluding tert-OH is 1. The second-order valence-electron chi connectivity index (χ2n) is 7.21. The summed E-state index contributed by atoms with van der Waals surface area (Å²) in [6, 6.07) is 6.83. The Morgan fingerprint density at radius 3 is 2.85 bits per heavy atom. The molecule has 0 aromatic heterocycles. The summed E-state index contributed by atoms with van der Waals surface area (Å²) in [5, 5.41) is 12.9. The van der Waals surface area contributed by atoms with Crippen LogP contribution in [0.3, 0.4) is 0 Å². The van der Waals surface area contributed by atoms with Crippen LogP contribution in [0.4, 0.5) is 5.69 Å². The molecule has 1 amide bonds. The van der Waals surface area contributed by atoms with E-state index in [0.717, 1.165) is 6.42 Å². The number of hydrogen-bond donors (Lipinski definition) is 2. The Morgan fingerprint density at radius 1 is 1.38 bits per heavy atom. The molecule has 0 heterocycles. The van der Waals surface area contributed by atoms with Crippen LogP contribution in [0.15, 0.2) is 40.6 Å². The number of methoxy groups -OCH3 is 1. The molecule has 1 aromatic rings. The monoisotopic (exact) mass is 358 g/mol. The van der Waals surface area contributed by atoms with Crippen molar-refractivity contribution in [3.05, 3.63) is 41.2 Å². The Balaban J connectivity index is 2.07. The average Bonchev–Trinajstić information content (AvgIpc) is 2.57. The van der Waals surface area contributed by atoms with Gasteiger partial charge in [-0.05, 0) is 30.0 Å². The van der Waals surface area contributed by atoms with Gasteiger partial charge in [0.15, 0.2) is 5.78 Å². The summed E-state index contributed by atoms with van der Waals surface area (Å²) in [5.41, 5.74) is 1.05. The molecule has 6 nitrogen and oxygen atoms in total. The van der Waals surface area contributed by atoms with Crippen LogP contribution in [-0.2, 0) is 9.53 Å². The van der Waals surface area contributed by atoms with Gasteiger partial charge in [-0.3, -0.25) is 14.6 Å². The number of ketones is 1. The van der Waals surface area contributed by atoms with E-state index in [1.165, 1.54) is 6.21 Å². The Kier molecular flexibility index (Phi) is 6.69. The molecular weight excluding hydrogens is 332 g/mol. The van der Waals surface area contributed by atoms with Gasteiger partial charge in [-0.2, -0.15) is 0 Å². The smallest absolute Gasteiger partial charge is 0.251 e. The van der Waals surface area contributed by atoms with Crippen LogP contribution in [0.5, 0.6) is 0 Å². The van der Waals surface area contributed by atoms with Gasteiger partial charge < -0.3 is 15.2 Å². The van der Waals surface area contributed by atoms with Crippen molar-refractivity contribution in [3.8, 4) is 0 Å². The fraction of sp³-hybridized carbons (Fsp3) is 0.450. The summed E-state index contributed by atoms with van der Waals surface area (Å²) in [6.45, 7) is 5.02. The van der Waals surface area contributed by atoms with Gasteiger partial charge in [0.25, 0.3) is 5.91 Å². The summed E-state index contributed by atoms with van der Waals surface area (Å²) in [4.78, 5) is 28.6. The molecule has 0 unspecified atom stereocenters. The van der Waals surface area contributed by atoms with E-state index in [2.05, 4.69) is 10.3 Å². The van der Waals surface area contributed by atoms with Crippen molar-refractivity contribution in [1.82, 2.24) is 5.32 Å². The number of carbonyl (C=O) groups excluding carboxylic acids is 2. The lowest BCUT2D eigenvalue weighted by molar-refractivity contribution is -0.117. The largest absolute Gasteiger partial charge is 0.511 e. The molecule has 0 spiro atoms. The number of nitrogens with one attached hydrogen (secondary N) is 1. The maximum atomic E-state index is 12.2. The number of hydrogen-bond acceptors (Lipinski definition) is 5. The number of amides is 1. The van der Waals surface area contributed by atoms with E-state index in [4.69, 9.17) is 4.74 Å². The third-order valence-corrected chi connectivity index (χ3v) is 4.16. The number of ether oxygens (including phenoxy) is 1. The lowest BCUT2D eigenvalue weighted by Gasteiger charge is -2.28. The Morgan fingerprint density at radius 2 is 2.15 bits per heavy atom. The van der Waals surface area contributed by atoms with Crippen molar-refractivity contribution in [1.29, 1.82) is 0 Å². The first-order valence-electron chi connectivity index (χ1n) is 8.69. The maximum Gasteiger partial charge on any atom is 0.251 e. The third-order valence-electron chi connectivity index (χ3n) is 4.16. The van der Waals surface area contributed by atoms with E-state index in [1.807, 2.05) is 13.8 Å². The average molecular weight is 358 g/mol. The minimum Gasteiger partial charge on any atom is -0.511 e. The number of benzene rings is 1. The van der Waals surface area contributed by atoms with Gasteiger partial charge >= 0.3 is 0 Å². The molecule has 0 radical (unpaired) electrons. The predicted molar refractivity (Wildman–Crippen MR) is 101 cm³/mol. The lowest BCUT2D eigenvalue weighted by atomic mass is 9.77. The van der Waals surface area contributed by atoms with Gasteiger partial charge in [0.05, 0.1) is 11.3 Å². The van der Waals surface area contributed by atoms with Crippen molar-refractivity contribution < 1.29 is 19.4 Å². The molecule has 2 rings (SSSR count). The van der Waals surface area contributed by atoms with Crippen LogP contribution < -0.4 is 5.32 Å². The van der Waals surface area contributed by atoms with Gasteiger partial charge in [0, 0.05) is 44.9 Å². The highest BCUT2D eigenvalue weighted by Gasteiger charge is 2.32. The normalized spacial score (nSPS) is 17.0. The van der Waals surface area contributed by atoms with Gasteiger partial charge in [-0.15, -0.1) is 0 Å². The minimum atomic E-state index is -0.237. The molecule has 1 aliphatic rings. The Labute approximate surface area is 154 Å². The first-order chi connectivity index (χ1) is 12.3. The molecular formula is C20H26N2O4. The molecule has 26 heavy (non-hydrogen) atoms. The predicted octanol–water partition coefficient (Wildman–Crippen LogP) is 3.36. The quantitative estimate of drug-likeness (QED) is 0.578. The second-order valence-corrected chi connectivity index (χ2v) is 7.21. The molecule has 0 saturated carbocycles. The summed E-state index contributed by atoms with van der Waals surface area (Å²) in [5.74, 6) is -0.229. The highest BCUT2D eigenvalue weighted by molar-refractivity contribution is 6.15. The standard InChI is InChI=1S/C20H26N2O4/c1-20(2)11-17(23)16(18(24)12-20)13-22-15-7-4-6-14(10-15)19(25)21-8-5-9-26-3/h4,6-7,10,13,23H,5,8-9,11-12H2,1-3H3,(H,21,25). The zero-order valence-electron chi connectivity index (χ0n) is 15.5. The highest BCUT2D eigenvalue weighted by atomic mass is 16.5. The van der Waals surface area contributed by atoms with Crippen LogP contribution in [0.2, 0.25) is 0 Å². The van der Waals surface area contributed by atoms with Gasteiger partial charge in [-0.1, -0.05) is 19.9 Å². The van der Waals surface area contributed by atoms with Gasteiger partial charge in [0.1, 0.15) is 5.76 Å². The highest BCUT2D eigenvalue weighted by Crippen LogP contribution is 2.35. The van der Waals surface area contributed by atoms with Gasteiger partial charge in [-0.25, -0.2) is 0 Å². The fourth-order valence-electron chi connectivity index (χ4n) is 2.84. The molecule has 140 valence electrons. The topological polar surface area (TPSA) is 88.0 Å². The molecule has 0 atom stereocenters. The van der Waals surface area contributed by atoms with Crippen LogP contribution in [0, 0.1) is 5.41 Å². The summed E-state index contributed by atoms with van der Waals surface area (Å²) >= 11 is 0.